The van der Waals surface area contributed by atoms with Crippen LogP contribution < -0.4 is 5.32 Å². The smallest absolute Gasteiger partial charge is 0.345 e. The molecular weight excluding hydrogens is 471 g/mol. The highest BCUT2D eigenvalue weighted by atomic mass is 19.4. The molecule has 5 rings (SSSR count). The third kappa shape index (κ3) is 4.51. The predicted octanol–water partition coefficient (Wildman–Crippen LogP) is 4.47. The second-order valence-corrected chi connectivity index (χ2v) is 8.50. The van der Waals surface area contributed by atoms with Crippen molar-refractivity contribution in [2.45, 2.75) is 38.9 Å². The number of aromatic amines is 1. The first-order chi connectivity index (χ1) is 17.2. The molecule has 0 fully saturated rings. The summed E-state index contributed by atoms with van der Waals surface area (Å²) in [5.41, 5.74) is 5.14. The molecule has 1 unspecified atom stereocenters. The maximum absolute atomic E-state index is 13.1. The van der Waals surface area contributed by atoms with Gasteiger partial charge in [0.1, 0.15) is 0 Å². The van der Waals surface area contributed by atoms with Gasteiger partial charge in [-0.25, -0.2) is 14.5 Å². The first-order valence-corrected chi connectivity index (χ1v) is 11.3. The third-order valence-electron chi connectivity index (χ3n) is 6.12. The van der Waals surface area contributed by atoms with Crippen LogP contribution in [0.1, 0.15) is 46.4 Å². The Morgan fingerprint density at radius 3 is 2.61 bits per heavy atom. The second-order valence-electron chi connectivity index (χ2n) is 8.50. The summed E-state index contributed by atoms with van der Waals surface area (Å²) in [6, 6.07) is 15.0. The van der Waals surface area contributed by atoms with Gasteiger partial charge in [-0.3, -0.25) is 4.79 Å². The van der Waals surface area contributed by atoms with Crippen LogP contribution in [0.5, 0.6) is 0 Å². The number of aromatic nitrogens is 6. The highest BCUT2D eigenvalue weighted by Gasteiger charge is 2.37. The number of fused-ring (bicyclic) bond motifs is 2. The molecule has 0 aliphatic rings. The molecule has 3 aromatic heterocycles. The fourth-order valence-electron chi connectivity index (χ4n) is 4.30. The fourth-order valence-corrected chi connectivity index (χ4v) is 4.30. The first kappa shape index (κ1) is 23.5. The summed E-state index contributed by atoms with van der Waals surface area (Å²) in [4.78, 5) is 28.1. The lowest BCUT2D eigenvalue weighted by Crippen LogP contribution is -2.29. The molecule has 0 aliphatic heterocycles. The van der Waals surface area contributed by atoms with E-state index in [1.165, 1.54) is 0 Å². The first-order valence-electron chi connectivity index (χ1n) is 11.3. The van der Waals surface area contributed by atoms with Crippen molar-refractivity contribution in [3.63, 3.8) is 0 Å². The number of hydrogen-bond acceptors (Lipinski definition) is 5. The molecule has 0 radical (unpaired) electrons. The number of amides is 1. The van der Waals surface area contributed by atoms with Crippen molar-refractivity contribution in [3.05, 3.63) is 88.8 Å². The van der Waals surface area contributed by atoms with Gasteiger partial charge in [0.25, 0.3) is 11.6 Å². The average molecular weight is 493 g/mol. The standard InChI is InChI=1S/C25H22F3N7O/c1-14-18(15(2)35-24(31-14)33-23(34-35)25(26,27)28)9-11-21(36)32-22(16-6-4-3-5-7-16)17-8-10-19-20(12-17)30-13-29-19/h3-8,10,12-13,22H,9,11H2,1-2H3,(H,29,30)(H,32,36). The van der Waals surface area contributed by atoms with E-state index in [4.69, 9.17) is 0 Å². The number of alkyl halides is 3. The third-order valence-corrected chi connectivity index (χ3v) is 6.12. The van der Waals surface area contributed by atoms with E-state index in [1.54, 1.807) is 20.2 Å². The molecule has 3 heterocycles. The summed E-state index contributed by atoms with van der Waals surface area (Å²) < 4.78 is 40.3. The van der Waals surface area contributed by atoms with E-state index in [2.05, 4.69) is 30.4 Å². The number of imidazole rings is 1. The number of carbonyl (C=O) groups is 1. The summed E-state index contributed by atoms with van der Waals surface area (Å²) >= 11 is 0. The molecule has 2 N–H and O–H groups in total. The van der Waals surface area contributed by atoms with Gasteiger partial charge >= 0.3 is 6.18 Å². The highest BCUT2D eigenvalue weighted by molar-refractivity contribution is 5.79. The van der Waals surface area contributed by atoms with Crippen LogP contribution in [0.2, 0.25) is 0 Å². The van der Waals surface area contributed by atoms with Crippen molar-refractivity contribution in [2.24, 2.45) is 0 Å². The van der Waals surface area contributed by atoms with Crippen LogP contribution in [-0.4, -0.2) is 35.5 Å². The van der Waals surface area contributed by atoms with Crippen molar-refractivity contribution < 1.29 is 18.0 Å². The topological polar surface area (TPSA) is 101 Å². The number of benzene rings is 2. The number of nitrogens with one attached hydrogen (secondary N) is 2. The van der Waals surface area contributed by atoms with E-state index >= 15 is 0 Å². The van der Waals surface area contributed by atoms with Gasteiger partial charge in [0.15, 0.2) is 0 Å². The predicted molar refractivity (Wildman–Crippen MR) is 126 cm³/mol. The van der Waals surface area contributed by atoms with Crippen molar-refractivity contribution in [3.8, 4) is 0 Å². The van der Waals surface area contributed by atoms with Crippen LogP contribution in [-0.2, 0) is 17.4 Å². The van der Waals surface area contributed by atoms with Gasteiger partial charge in [0.05, 0.1) is 23.4 Å². The molecule has 36 heavy (non-hydrogen) atoms. The Morgan fingerprint density at radius 2 is 1.86 bits per heavy atom. The number of rotatable bonds is 6. The average Bonchev–Trinajstić information content (AvgIpc) is 3.49. The van der Waals surface area contributed by atoms with Crippen molar-refractivity contribution in [1.82, 2.24) is 34.9 Å². The molecule has 2 aromatic carbocycles. The maximum Gasteiger partial charge on any atom is 0.453 e. The van der Waals surface area contributed by atoms with Gasteiger partial charge in [-0.05, 0) is 49.1 Å². The zero-order valence-corrected chi connectivity index (χ0v) is 19.5. The Morgan fingerprint density at radius 1 is 1.08 bits per heavy atom. The minimum absolute atomic E-state index is 0.116. The van der Waals surface area contributed by atoms with Crippen LogP contribution in [0.3, 0.4) is 0 Å². The quantitative estimate of drug-likeness (QED) is 0.363. The van der Waals surface area contributed by atoms with Crippen LogP contribution in [0, 0.1) is 13.8 Å². The van der Waals surface area contributed by atoms with E-state index < -0.39 is 12.0 Å². The number of nitrogens with zero attached hydrogens (tertiary/aromatic N) is 5. The summed E-state index contributed by atoms with van der Waals surface area (Å²) in [5.74, 6) is -1.57. The summed E-state index contributed by atoms with van der Waals surface area (Å²) in [6.07, 6.45) is -2.65. The van der Waals surface area contributed by atoms with E-state index in [9.17, 15) is 18.0 Å². The molecule has 184 valence electrons. The van der Waals surface area contributed by atoms with Crippen molar-refractivity contribution in [1.29, 1.82) is 0 Å². The molecule has 1 amide bonds. The van der Waals surface area contributed by atoms with E-state index in [1.807, 2.05) is 48.5 Å². The molecule has 0 aliphatic carbocycles. The second kappa shape index (κ2) is 9.06. The molecular formula is C25H22F3N7O. The maximum atomic E-state index is 13.1. The normalized spacial score (nSPS) is 12.8. The van der Waals surface area contributed by atoms with Crippen LogP contribution >= 0.6 is 0 Å². The number of carbonyl (C=O) groups excluding carboxylic acids is 1. The zero-order chi connectivity index (χ0) is 25.4. The lowest BCUT2D eigenvalue weighted by molar-refractivity contribution is -0.144. The van der Waals surface area contributed by atoms with Gasteiger partial charge in [-0.1, -0.05) is 36.4 Å². The SMILES string of the molecule is Cc1nc2nc(C(F)(F)F)nn2c(C)c1CCC(=O)NC(c1ccccc1)c1ccc2nc[nH]c2c1. The molecule has 1 atom stereocenters. The Kier molecular flexibility index (Phi) is 5.91. The summed E-state index contributed by atoms with van der Waals surface area (Å²) in [6.45, 7) is 3.34. The van der Waals surface area contributed by atoms with Gasteiger partial charge < -0.3 is 10.3 Å². The Labute approximate surface area is 203 Å². The van der Waals surface area contributed by atoms with Crippen LogP contribution in [0.25, 0.3) is 16.8 Å². The number of hydrogen-bond donors (Lipinski definition) is 2. The van der Waals surface area contributed by atoms with E-state index in [0.29, 0.717) is 17.0 Å². The van der Waals surface area contributed by atoms with Gasteiger partial charge in [-0.2, -0.15) is 18.2 Å². The zero-order valence-electron chi connectivity index (χ0n) is 19.5. The molecule has 0 saturated carbocycles. The van der Waals surface area contributed by atoms with E-state index in [0.717, 1.165) is 26.7 Å². The Balaban J connectivity index is 1.38. The molecule has 0 bridgehead atoms. The fraction of sp³-hybridized carbons (Fsp3) is 0.240. The molecule has 0 spiro atoms. The lowest BCUT2D eigenvalue weighted by Gasteiger charge is -2.20. The molecule has 0 saturated heterocycles. The number of aryl methyl sites for hydroxylation is 2. The highest BCUT2D eigenvalue weighted by Crippen LogP contribution is 2.28. The minimum Gasteiger partial charge on any atom is -0.345 e. The Bertz CT molecular complexity index is 1560. The summed E-state index contributed by atoms with van der Waals surface area (Å²) in [7, 11) is 0. The van der Waals surface area contributed by atoms with Crippen LogP contribution in [0.4, 0.5) is 13.2 Å². The van der Waals surface area contributed by atoms with Gasteiger partial charge in [0.2, 0.25) is 5.91 Å². The van der Waals surface area contributed by atoms with Gasteiger partial charge in [-0.15, -0.1) is 5.10 Å². The van der Waals surface area contributed by atoms with Gasteiger partial charge in [0, 0.05) is 17.8 Å². The number of H-pyrrole nitrogens is 1. The lowest BCUT2D eigenvalue weighted by atomic mass is 9.97. The summed E-state index contributed by atoms with van der Waals surface area (Å²) in [5, 5.41) is 6.67. The molecule has 11 heteroatoms. The largest absolute Gasteiger partial charge is 0.453 e. The Hall–Kier alpha value is -4.28. The monoisotopic (exact) mass is 493 g/mol. The molecule has 5 aromatic rings. The minimum atomic E-state index is -4.67. The number of halogens is 3. The van der Waals surface area contributed by atoms with E-state index in [-0.39, 0.29) is 30.6 Å². The van der Waals surface area contributed by atoms with Crippen molar-refractivity contribution in [2.75, 3.05) is 0 Å². The molecule has 8 nitrogen and oxygen atoms in total. The van der Waals surface area contributed by atoms with Crippen molar-refractivity contribution >= 4 is 22.7 Å². The van der Waals surface area contributed by atoms with Crippen LogP contribution in [0.15, 0.2) is 54.9 Å².